The Morgan fingerprint density at radius 1 is 1.07 bits per heavy atom. The van der Waals surface area contributed by atoms with Gasteiger partial charge in [0.1, 0.15) is 0 Å². The van der Waals surface area contributed by atoms with E-state index in [1.54, 1.807) is 17.6 Å². The van der Waals surface area contributed by atoms with Gasteiger partial charge in [-0.2, -0.15) is 0 Å². The molecule has 0 bridgehead atoms. The van der Waals surface area contributed by atoms with Gasteiger partial charge in [0.15, 0.2) is 0 Å². The highest BCUT2D eigenvalue weighted by molar-refractivity contribution is 7.89. The monoisotopic (exact) mass is 642 g/mol. The van der Waals surface area contributed by atoms with E-state index >= 15 is 0 Å². The Labute approximate surface area is 270 Å². The minimum Gasteiger partial charge on any atom is -0.361 e. The lowest BCUT2D eigenvalue weighted by molar-refractivity contribution is -0.124. The number of aryl methyl sites for hydroxylation is 1. The molecule has 3 aromatic carbocycles. The van der Waals surface area contributed by atoms with E-state index in [4.69, 9.17) is 5.21 Å². The summed E-state index contributed by atoms with van der Waals surface area (Å²) in [4.78, 5) is 19.9. The van der Waals surface area contributed by atoms with Crippen LogP contribution in [-0.4, -0.2) is 80.1 Å². The molecule has 0 spiro atoms. The van der Waals surface area contributed by atoms with Crippen molar-refractivity contribution in [1.29, 1.82) is 0 Å². The standard InChI is InChI=1S/C35H42N6O4S/c42-35(39-43)13-9-26-8-11-32-28(22-26)10-12-34(32)41(18-14-29-24-37-33-7-2-1-6-31(29)33)25-27-4-3-5-30(23-27)46(44,45)38-17-21-40-19-15-36-16-20-40/h1-9,11,13,22-24,34,36-38,43H,10,12,14-21,25H2,(H,39,42)/b13-9+. The van der Waals surface area contributed by atoms with Crippen molar-refractivity contribution in [1.82, 2.24) is 30.3 Å². The van der Waals surface area contributed by atoms with Crippen LogP contribution in [0.2, 0.25) is 0 Å². The van der Waals surface area contributed by atoms with E-state index in [-0.39, 0.29) is 10.9 Å². The lowest BCUT2D eigenvalue weighted by Crippen LogP contribution is -2.46. The molecule has 0 saturated carbocycles. The summed E-state index contributed by atoms with van der Waals surface area (Å²) in [6, 6.07) is 22.0. The molecule has 11 heteroatoms. The molecular formula is C35H42N6O4S. The van der Waals surface area contributed by atoms with Crippen LogP contribution in [0.1, 0.15) is 40.3 Å². The Hall–Kier alpha value is -3.84. The van der Waals surface area contributed by atoms with Crippen LogP contribution in [0, 0.1) is 0 Å². The van der Waals surface area contributed by atoms with Crippen LogP contribution in [0.15, 0.2) is 83.9 Å². The number of hydrogen-bond acceptors (Lipinski definition) is 7. The minimum absolute atomic E-state index is 0.163. The zero-order valence-electron chi connectivity index (χ0n) is 25.9. The van der Waals surface area contributed by atoms with Crippen LogP contribution in [0.25, 0.3) is 17.0 Å². The number of fused-ring (bicyclic) bond motifs is 2. The summed E-state index contributed by atoms with van der Waals surface area (Å²) in [5, 5.41) is 13.4. The van der Waals surface area contributed by atoms with Crippen molar-refractivity contribution in [3.05, 3.63) is 107 Å². The lowest BCUT2D eigenvalue weighted by atomic mass is 10.0. The molecule has 5 N–H and O–H groups in total. The second-order valence-electron chi connectivity index (χ2n) is 12.0. The molecule has 6 rings (SSSR count). The molecule has 10 nitrogen and oxygen atoms in total. The number of piperazine rings is 1. The van der Waals surface area contributed by atoms with Crippen LogP contribution in [-0.2, 0) is 34.2 Å². The summed E-state index contributed by atoms with van der Waals surface area (Å²) in [5.41, 5.74) is 8.34. The molecule has 1 fully saturated rings. The van der Waals surface area contributed by atoms with Crippen LogP contribution < -0.4 is 15.5 Å². The number of carbonyl (C=O) groups excluding carboxylic acids is 1. The summed E-state index contributed by atoms with van der Waals surface area (Å²) in [6.07, 6.45) is 7.78. The van der Waals surface area contributed by atoms with Gasteiger partial charge in [-0.1, -0.05) is 48.5 Å². The molecule has 1 amide bonds. The second-order valence-corrected chi connectivity index (χ2v) is 13.8. The first-order valence-electron chi connectivity index (χ1n) is 16.0. The number of nitrogens with zero attached hydrogens (tertiary/aromatic N) is 2. The third kappa shape index (κ3) is 7.75. The molecule has 1 aliphatic carbocycles. The summed E-state index contributed by atoms with van der Waals surface area (Å²) in [5.74, 6) is -0.569. The van der Waals surface area contributed by atoms with Crippen molar-refractivity contribution in [3.8, 4) is 0 Å². The van der Waals surface area contributed by atoms with Gasteiger partial charge >= 0.3 is 0 Å². The summed E-state index contributed by atoms with van der Waals surface area (Å²) in [6.45, 7) is 6.18. The molecule has 4 aromatic rings. The van der Waals surface area contributed by atoms with E-state index in [9.17, 15) is 13.2 Å². The molecule has 1 saturated heterocycles. The zero-order valence-corrected chi connectivity index (χ0v) is 26.7. The maximum atomic E-state index is 13.3. The number of sulfonamides is 1. The van der Waals surface area contributed by atoms with Gasteiger partial charge in [-0.25, -0.2) is 18.6 Å². The van der Waals surface area contributed by atoms with Crippen molar-refractivity contribution in [2.75, 3.05) is 45.8 Å². The van der Waals surface area contributed by atoms with Crippen molar-refractivity contribution in [2.45, 2.75) is 36.7 Å². The smallest absolute Gasteiger partial charge is 0.267 e. The van der Waals surface area contributed by atoms with Crippen molar-refractivity contribution < 1.29 is 18.4 Å². The first-order valence-corrected chi connectivity index (χ1v) is 17.4. The first-order chi connectivity index (χ1) is 22.4. The van der Waals surface area contributed by atoms with Crippen LogP contribution in [0.4, 0.5) is 0 Å². The third-order valence-corrected chi connectivity index (χ3v) is 10.5. The maximum absolute atomic E-state index is 13.3. The molecule has 1 aromatic heterocycles. The molecule has 242 valence electrons. The third-order valence-electron chi connectivity index (χ3n) is 9.06. The second kappa shape index (κ2) is 14.7. The number of aromatic nitrogens is 1. The van der Waals surface area contributed by atoms with E-state index in [0.29, 0.717) is 19.6 Å². The molecule has 1 atom stereocenters. The SMILES string of the molecule is O=C(/C=C/c1ccc2c(c1)CCC2N(CCc1c[nH]c2ccccc12)Cc1cccc(S(=O)(=O)NCCN2CCNCC2)c1)NO. The number of nitrogens with one attached hydrogen (secondary N) is 4. The molecule has 1 aliphatic heterocycles. The number of carbonyl (C=O) groups is 1. The predicted octanol–water partition coefficient (Wildman–Crippen LogP) is 3.60. The lowest BCUT2D eigenvalue weighted by Gasteiger charge is -2.30. The van der Waals surface area contributed by atoms with Crippen molar-refractivity contribution in [3.63, 3.8) is 0 Å². The van der Waals surface area contributed by atoms with Gasteiger partial charge in [0.05, 0.1) is 4.90 Å². The fourth-order valence-electron chi connectivity index (χ4n) is 6.66. The quantitative estimate of drug-likeness (QED) is 0.0857. The molecular weight excluding hydrogens is 600 g/mol. The Bertz CT molecular complexity index is 1800. The highest BCUT2D eigenvalue weighted by Crippen LogP contribution is 2.38. The Balaban J connectivity index is 1.21. The van der Waals surface area contributed by atoms with Crippen LogP contribution in [0.3, 0.4) is 0 Å². The fourth-order valence-corrected chi connectivity index (χ4v) is 7.75. The number of rotatable bonds is 13. The molecule has 1 unspecified atom stereocenters. The number of para-hydroxylation sites is 1. The van der Waals surface area contributed by atoms with Crippen LogP contribution in [0.5, 0.6) is 0 Å². The van der Waals surface area contributed by atoms with Gasteiger partial charge < -0.3 is 10.3 Å². The van der Waals surface area contributed by atoms with Crippen LogP contribution >= 0.6 is 0 Å². The number of hydroxylamine groups is 1. The van der Waals surface area contributed by atoms with E-state index < -0.39 is 15.9 Å². The fraction of sp³-hybridized carbons (Fsp3) is 0.343. The van der Waals surface area contributed by atoms with Gasteiger partial charge in [-0.3, -0.25) is 19.8 Å². The van der Waals surface area contributed by atoms with Gasteiger partial charge in [0, 0.05) is 81.6 Å². The highest BCUT2D eigenvalue weighted by Gasteiger charge is 2.28. The van der Waals surface area contributed by atoms with Crippen molar-refractivity contribution >= 4 is 32.9 Å². The molecule has 2 heterocycles. The van der Waals surface area contributed by atoms with Gasteiger partial charge in [0.25, 0.3) is 5.91 Å². The summed E-state index contributed by atoms with van der Waals surface area (Å²) in [7, 11) is -3.64. The number of H-pyrrole nitrogens is 1. The molecule has 46 heavy (non-hydrogen) atoms. The molecule has 0 radical (unpaired) electrons. The van der Waals surface area contributed by atoms with Gasteiger partial charge in [-0.15, -0.1) is 0 Å². The van der Waals surface area contributed by atoms with Gasteiger partial charge in [0.2, 0.25) is 10.0 Å². The maximum Gasteiger partial charge on any atom is 0.267 e. The number of aromatic amines is 1. The Morgan fingerprint density at radius 3 is 2.76 bits per heavy atom. The van der Waals surface area contributed by atoms with E-state index in [1.807, 2.05) is 30.3 Å². The number of benzene rings is 3. The minimum atomic E-state index is -3.64. The topological polar surface area (TPSA) is 130 Å². The normalized spacial score (nSPS) is 17.2. The van der Waals surface area contributed by atoms with E-state index in [1.165, 1.54) is 28.2 Å². The molecule has 2 aliphatic rings. The predicted molar refractivity (Wildman–Crippen MR) is 180 cm³/mol. The summed E-state index contributed by atoms with van der Waals surface area (Å²) < 4.78 is 29.4. The van der Waals surface area contributed by atoms with E-state index in [0.717, 1.165) is 68.6 Å². The first kappa shape index (κ1) is 32.1. The summed E-state index contributed by atoms with van der Waals surface area (Å²) >= 11 is 0. The van der Waals surface area contributed by atoms with E-state index in [2.05, 4.69) is 61.4 Å². The number of amides is 1. The largest absolute Gasteiger partial charge is 0.361 e. The van der Waals surface area contributed by atoms with Crippen molar-refractivity contribution in [2.24, 2.45) is 0 Å². The van der Waals surface area contributed by atoms with Gasteiger partial charge in [-0.05, 0) is 71.4 Å². The average molecular weight is 643 g/mol. The zero-order chi connectivity index (χ0) is 31.9. The number of hydrogen-bond donors (Lipinski definition) is 5. The Kier molecular flexibility index (Phi) is 10.3. The average Bonchev–Trinajstić information content (AvgIpc) is 3.70. The Morgan fingerprint density at radius 2 is 1.91 bits per heavy atom. The highest BCUT2D eigenvalue weighted by atomic mass is 32.2.